The molecule has 3 nitrogen and oxygen atoms in total. The second-order valence-corrected chi connectivity index (χ2v) is 6.00. The lowest BCUT2D eigenvalue weighted by atomic mass is 10.0. The summed E-state index contributed by atoms with van der Waals surface area (Å²) in [4.78, 5) is 14.1. The van der Waals surface area contributed by atoms with Crippen molar-refractivity contribution in [2.75, 3.05) is 13.1 Å². The van der Waals surface area contributed by atoms with Gasteiger partial charge in [0.15, 0.2) is 5.11 Å². The maximum atomic E-state index is 11.9. The van der Waals surface area contributed by atoms with Crippen molar-refractivity contribution in [1.29, 1.82) is 0 Å². The Morgan fingerprint density at radius 1 is 1.06 bits per heavy atom. The number of carbonyl (C=O) groups is 1. The Balaban J connectivity index is 1.73. The number of likely N-dealkylation sites (tertiary alicyclic amines) is 1. The highest BCUT2D eigenvalue weighted by molar-refractivity contribution is 7.80. The number of thiocarbonyl (C=S) groups is 1. The SMILES string of the molecule is O=C(CC1CCCC1)NC(=S)N1CCCCCC1. The van der Waals surface area contributed by atoms with Crippen LogP contribution in [-0.2, 0) is 4.79 Å². The van der Waals surface area contributed by atoms with Crippen molar-refractivity contribution in [1.82, 2.24) is 10.2 Å². The molecule has 0 unspecified atom stereocenters. The summed E-state index contributed by atoms with van der Waals surface area (Å²) in [6.45, 7) is 2.01. The number of hydrogen-bond acceptors (Lipinski definition) is 2. The van der Waals surface area contributed by atoms with Crippen LogP contribution >= 0.6 is 12.2 Å². The van der Waals surface area contributed by atoms with E-state index in [0.717, 1.165) is 13.1 Å². The zero-order valence-electron chi connectivity index (χ0n) is 11.1. The molecule has 0 spiro atoms. The fourth-order valence-corrected chi connectivity index (χ4v) is 3.30. The smallest absolute Gasteiger partial charge is 0.226 e. The van der Waals surface area contributed by atoms with Gasteiger partial charge in [0.05, 0.1) is 0 Å². The molecule has 1 aliphatic carbocycles. The zero-order valence-corrected chi connectivity index (χ0v) is 11.9. The standard InChI is InChI=1S/C14H24N2OS/c17-13(11-12-7-3-4-8-12)15-14(18)16-9-5-1-2-6-10-16/h12H,1-11H2,(H,15,17,18). The molecule has 4 heteroatoms. The van der Waals surface area contributed by atoms with Crippen LogP contribution in [0.2, 0.25) is 0 Å². The maximum Gasteiger partial charge on any atom is 0.226 e. The van der Waals surface area contributed by atoms with Crippen molar-refractivity contribution in [2.24, 2.45) is 5.92 Å². The normalized spacial score (nSPS) is 21.7. The van der Waals surface area contributed by atoms with E-state index in [1.165, 1.54) is 51.4 Å². The molecule has 2 rings (SSSR count). The Hall–Kier alpha value is -0.640. The van der Waals surface area contributed by atoms with Gasteiger partial charge in [-0.3, -0.25) is 4.79 Å². The van der Waals surface area contributed by atoms with Crippen molar-refractivity contribution in [3.05, 3.63) is 0 Å². The van der Waals surface area contributed by atoms with Gasteiger partial charge in [0.1, 0.15) is 0 Å². The molecule has 1 N–H and O–H groups in total. The summed E-state index contributed by atoms with van der Waals surface area (Å²) >= 11 is 5.35. The van der Waals surface area contributed by atoms with Crippen LogP contribution in [0.25, 0.3) is 0 Å². The molecular weight excluding hydrogens is 244 g/mol. The van der Waals surface area contributed by atoms with Gasteiger partial charge in [-0.2, -0.15) is 0 Å². The Labute approximate surface area is 115 Å². The highest BCUT2D eigenvalue weighted by atomic mass is 32.1. The highest BCUT2D eigenvalue weighted by Crippen LogP contribution is 2.27. The second kappa shape index (κ2) is 7.07. The third-order valence-corrected chi connectivity index (χ3v) is 4.45. The molecule has 2 aliphatic rings. The molecule has 0 aromatic heterocycles. The molecule has 1 saturated carbocycles. The lowest BCUT2D eigenvalue weighted by molar-refractivity contribution is -0.120. The molecule has 18 heavy (non-hydrogen) atoms. The van der Waals surface area contributed by atoms with E-state index in [-0.39, 0.29) is 5.91 Å². The van der Waals surface area contributed by atoms with Gasteiger partial charge >= 0.3 is 0 Å². The fraction of sp³-hybridized carbons (Fsp3) is 0.857. The molecule has 0 aromatic carbocycles. The maximum absolute atomic E-state index is 11.9. The Kier molecular flexibility index (Phi) is 5.42. The number of hydrogen-bond donors (Lipinski definition) is 1. The molecular formula is C14H24N2OS. The van der Waals surface area contributed by atoms with Gasteiger partial charge in [-0.1, -0.05) is 25.7 Å². The summed E-state index contributed by atoms with van der Waals surface area (Å²) in [6.07, 6.45) is 10.6. The van der Waals surface area contributed by atoms with Crippen molar-refractivity contribution in [3.8, 4) is 0 Å². The van der Waals surface area contributed by atoms with Crippen LogP contribution in [-0.4, -0.2) is 29.0 Å². The average molecular weight is 268 g/mol. The molecule has 1 amide bonds. The monoisotopic (exact) mass is 268 g/mol. The van der Waals surface area contributed by atoms with Crippen LogP contribution < -0.4 is 5.32 Å². The van der Waals surface area contributed by atoms with Crippen molar-refractivity contribution >= 4 is 23.2 Å². The summed E-state index contributed by atoms with van der Waals surface area (Å²) in [7, 11) is 0. The van der Waals surface area contributed by atoms with Crippen LogP contribution in [0.1, 0.15) is 57.8 Å². The average Bonchev–Trinajstić information content (AvgIpc) is 2.68. The van der Waals surface area contributed by atoms with Crippen LogP contribution in [0.3, 0.4) is 0 Å². The van der Waals surface area contributed by atoms with Crippen molar-refractivity contribution in [3.63, 3.8) is 0 Å². The van der Waals surface area contributed by atoms with E-state index >= 15 is 0 Å². The first-order chi connectivity index (χ1) is 8.75. The summed E-state index contributed by atoms with van der Waals surface area (Å²) in [5, 5.41) is 3.58. The van der Waals surface area contributed by atoms with Crippen LogP contribution in [0.4, 0.5) is 0 Å². The molecule has 0 radical (unpaired) electrons. The van der Waals surface area contributed by atoms with E-state index < -0.39 is 0 Å². The molecule has 0 bridgehead atoms. The minimum Gasteiger partial charge on any atom is -0.349 e. The minimum atomic E-state index is 0.121. The van der Waals surface area contributed by atoms with Gasteiger partial charge in [0, 0.05) is 19.5 Å². The van der Waals surface area contributed by atoms with Crippen molar-refractivity contribution in [2.45, 2.75) is 57.8 Å². The van der Waals surface area contributed by atoms with Gasteiger partial charge in [-0.25, -0.2) is 0 Å². The number of carbonyl (C=O) groups excluding carboxylic acids is 1. The molecule has 0 atom stereocenters. The molecule has 1 aliphatic heterocycles. The van der Waals surface area contributed by atoms with Gasteiger partial charge in [0.2, 0.25) is 5.91 Å². The van der Waals surface area contributed by atoms with Gasteiger partial charge < -0.3 is 10.2 Å². The van der Waals surface area contributed by atoms with Gasteiger partial charge in [-0.05, 0) is 43.8 Å². The van der Waals surface area contributed by atoms with Crippen LogP contribution in [0, 0.1) is 5.92 Å². The molecule has 0 aromatic rings. The number of amides is 1. The molecule has 102 valence electrons. The molecule has 2 fully saturated rings. The third-order valence-electron chi connectivity index (χ3n) is 4.09. The Morgan fingerprint density at radius 3 is 2.28 bits per heavy atom. The Bertz CT molecular complexity index is 292. The topological polar surface area (TPSA) is 32.3 Å². The van der Waals surface area contributed by atoms with E-state index in [9.17, 15) is 4.79 Å². The molecule has 1 heterocycles. The second-order valence-electron chi connectivity index (χ2n) is 5.61. The highest BCUT2D eigenvalue weighted by Gasteiger charge is 2.20. The van der Waals surface area contributed by atoms with E-state index in [2.05, 4.69) is 10.2 Å². The first kappa shape index (κ1) is 13.8. The van der Waals surface area contributed by atoms with E-state index in [1.54, 1.807) is 0 Å². The molecule has 1 saturated heterocycles. The van der Waals surface area contributed by atoms with Crippen molar-refractivity contribution < 1.29 is 4.79 Å². The predicted octanol–water partition coefficient (Wildman–Crippen LogP) is 2.84. The summed E-state index contributed by atoms with van der Waals surface area (Å²) in [6, 6.07) is 0. The summed E-state index contributed by atoms with van der Waals surface area (Å²) in [5.74, 6) is 0.716. The van der Waals surface area contributed by atoms with Gasteiger partial charge in [-0.15, -0.1) is 0 Å². The number of nitrogens with zero attached hydrogens (tertiary/aromatic N) is 1. The van der Waals surface area contributed by atoms with Crippen LogP contribution in [0.5, 0.6) is 0 Å². The lowest BCUT2D eigenvalue weighted by Gasteiger charge is -2.23. The predicted molar refractivity (Wildman–Crippen MR) is 77.4 cm³/mol. The number of rotatable bonds is 2. The largest absolute Gasteiger partial charge is 0.349 e. The fourth-order valence-electron chi connectivity index (χ4n) is 3.00. The number of nitrogens with one attached hydrogen (secondary N) is 1. The van der Waals surface area contributed by atoms with E-state index in [4.69, 9.17) is 12.2 Å². The van der Waals surface area contributed by atoms with Crippen LogP contribution in [0.15, 0.2) is 0 Å². The zero-order chi connectivity index (χ0) is 12.8. The van der Waals surface area contributed by atoms with E-state index in [0.29, 0.717) is 17.5 Å². The van der Waals surface area contributed by atoms with E-state index in [1.807, 2.05) is 0 Å². The summed E-state index contributed by atoms with van der Waals surface area (Å²) < 4.78 is 0. The first-order valence-corrected chi connectivity index (χ1v) is 7.75. The first-order valence-electron chi connectivity index (χ1n) is 7.34. The lowest BCUT2D eigenvalue weighted by Crippen LogP contribution is -2.43. The summed E-state index contributed by atoms with van der Waals surface area (Å²) in [5.41, 5.74) is 0. The van der Waals surface area contributed by atoms with Gasteiger partial charge in [0.25, 0.3) is 0 Å². The minimum absolute atomic E-state index is 0.121. The third kappa shape index (κ3) is 4.23. The quantitative estimate of drug-likeness (QED) is 0.782. The Morgan fingerprint density at radius 2 is 1.67 bits per heavy atom.